The number of nitrogens with one attached hydrogen (secondary N) is 2. The first kappa shape index (κ1) is 31.7. The molecule has 0 aromatic heterocycles. The number of benzene rings is 3. The van der Waals surface area contributed by atoms with Crippen LogP contribution < -0.4 is 15.4 Å². The number of carbonyl (C=O) groups is 3. The second-order valence-corrected chi connectivity index (χ2v) is 10.8. The third kappa shape index (κ3) is 7.88. The number of carboxylic acid groups (broad SMARTS) is 1. The number of hydrogen-bond acceptors (Lipinski definition) is 5. The number of hydrogen-bond donors (Lipinski definition) is 3. The number of ether oxygens (including phenoxy) is 2. The zero-order chi connectivity index (χ0) is 32.2. The van der Waals surface area contributed by atoms with E-state index in [0.29, 0.717) is 16.7 Å². The molecule has 2 aliphatic rings. The number of allylic oxidation sites excluding steroid dienone is 2. The maximum Gasteiger partial charge on any atom is 0.540 e. The molecule has 3 N–H and O–H groups in total. The van der Waals surface area contributed by atoms with Gasteiger partial charge in [0.15, 0.2) is 0 Å². The highest BCUT2D eigenvalue weighted by Crippen LogP contribution is 2.47. The maximum absolute atomic E-state index is 14.4. The van der Waals surface area contributed by atoms with E-state index in [-0.39, 0.29) is 25.1 Å². The first-order chi connectivity index (χ1) is 21.4. The molecule has 0 spiro atoms. The van der Waals surface area contributed by atoms with Crippen LogP contribution in [0.5, 0.6) is 5.75 Å². The van der Waals surface area contributed by atoms with Crippen molar-refractivity contribution in [3.8, 4) is 5.75 Å². The van der Waals surface area contributed by atoms with Gasteiger partial charge in [-0.25, -0.2) is 4.74 Å². The van der Waals surface area contributed by atoms with Gasteiger partial charge in [-0.1, -0.05) is 42.5 Å². The highest BCUT2D eigenvalue weighted by molar-refractivity contribution is 5.96. The molecule has 3 aromatic carbocycles. The van der Waals surface area contributed by atoms with Crippen molar-refractivity contribution in [2.75, 3.05) is 11.9 Å². The number of carboxylic acids is 1. The third-order valence-electron chi connectivity index (χ3n) is 7.61. The van der Waals surface area contributed by atoms with Crippen molar-refractivity contribution in [2.45, 2.75) is 56.8 Å². The Balaban J connectivity index is 1.38. The number of aliphatic carboxylic acids is 1. The van der Waals surface area contributed by atoms with E-state index in [2.05, 4.69) is 26.2 Å². The molecule has 5 rings (SSSR count). The van der Waals surface area contributed by atoms with Gasteiger partial charge in [0.25, 0.3) is 5.91 Å². The topological polar surface area (TPSA) is 114 Å². The second kappa shape index (κ2) is 13.1. The Morgan fingerprint density at radius 3 is 2.33 bits per heavy atom. The zero-order valence-corrected chi connectivity index (χ0v) is 24.0. The molecular formula is C33H30F4N2O6. The number of halogens is 4. The Morgan fingerprint density at radius 1 is 0.933 bits per heavy atom. The summed E-state index contributed by atoms with van der Waals surface area (Å²) in [6.45, 7) is -0.0274. The molecule has 8 nitrogen and oxygen atoms in total. The third-order valence-corrected chi connectivity index (χ3v) is 7.61. The van der Waals surface area contributed by atoms with Gasteiger partial charge in [0.05, 0.1) is 17.9 Å². The number of alkyl halides is 4. The van der Waals surface area contributed by atoms with Crippen LogP contribution in [-0.2, 0) is 26.9 Å². The number of carbonyl (C=O) groups excluding carboxylic acids is 2. The lowest BCUT2D eigenvalue weighted by Crippen LogP contribution is -2.41. The lowest BCUT2D eigenvalue weighted by Gasteiger charge is -2.30. The highest BCUT2D eigenvalue weighted by Gasteiger charge is 2.54. The van der Waals surface area contributed by atoms with Crippen molar-refractivity contribution in [1.29, 1.82) is 0 Å². The largest absolute Gasteiger partial charge is 0.540 e. The molecule has 236 valence electrons. The van der Waals surface area contributed by atoms with Gasteiger partial charge in [0.1, 0.15) is 5.75 Å². The van der Waals surface area contributed by atoms with Crippen LogP contribution in [0.15, 0.2) is 72.8 Å². The predicted octanol–water partition coefficient (Wildman–Crippen LogP) is 6.82. The number of rotatable bonds is 10. The summed E-state index contributed by atoms with van der Waals surface area (Å²) in [6, 6.07) is 16.9. The predicted molar refractivity (Wildman–Crippen MR) is 156 cm³/mol. The van der Waals surface area contributed by atoms with Crippen LogP contribution in [0.2, 0.25) is 0 Å². The van der Waals surface area contributed by atoms with Crippen molar-refractivity contribution in [3.05, 3.63) is 101 Å². The monoisotopic (exact) mass is 626 g/mol. The Kier molecular flexibility index (Phi) is 9.24. The van der Waals surface area contributed by atoms with Gasteiger partial charge in [-0.2, -0.15) is 8.78 Å². The average molecular weight is 627 g/mol. The summed E-state index contributed by atoms with van der Waals surface area (Å²) < 4.78 is 63.3. The average Bonchev–Trinajstić information content (AvgIpc) is 3.00. The molecule has 1 unspecified atom stereocenters. The molecule has 1 aliphatic heterocycles. The van der Waals surface area contributed by atoms with E-state index >= 15 is 0 Å². The minimum Gasteiger partial charge on any atom is -0.481 e. The molecule has 12 heteroatoms. The van der Waals surface area contributed by atoms with Crippen LogP contribution in [0, 0.1) is 0 Å². The van der Waals surface area contributed by atoms with Crippen LogP contribution in [0.4, 0.5) is 23.2 Å². The molecule has 1 atom stereocenters. The highest BCUT2D eigenvalue weighted by atomic mass is 19.3. The SMILES string of the molecule is O=C(O)CCNC(=O)c1ccc(CC(C(=O)Nc2ccc3c(c2)C(F)(F)OC(F)(F)O3)c2ccc(C3=CCCCC3)cc2)cc1. The van der Waals surface area contributed by atoms with Crippen LogP contribution in [0.1, 0.15) is 70.6 Å². The first-order valence-corrected chi connectivity index (χ1v) is 14.4. The van der Waals surface area contributed by atoms with E-state index in [1.54, 1.807) is 24.3 Å². The normalized spacial score (nSPS) is 17.2. The van der Waals surface area contributed by atoms with Crippen molar-refractivity contribution in [2.24, 2.45) is 0 Å². The summed E-state index contributed by atoms with van der Waals surface area (Å²) in [5.41, 5.74) is 2.90. The van der Waals surface area contributed by atoms with Gasteiger partial charge in [0.2, 0.25) is 5.91 Å². The summed E-state index contributed by atoms with van der Waals surface area (Å²) >= 11 is 0. The van der Waals surface area contributed by atoms with Crippen LogP contribution >= 0.6 is 0 Å². The summed E-state index contributed by atoms with van der Waals surface area (Å²) in [7, 11) is 0. The van der Waals surface area contributed by atoms with Crippen molar-refractivity contribution in [1.82, 2.24) is 5.32 Å². The summed E-state index contributed by atoms with van der Waals surface area (Å²) in [5, 5.41) is 13.9. The van der Waals surface area contributed by atoms with Gasteiger partial charge < -0.3 is 20.5 Å². The van der Waals surface area contributed by atoms with Gasteiger partial charge in [-0.3, -0.25) is 14.4 Å². The van der Waals surface area contributed by atoms with E-state index in [4.69, 9.17) is 5.11 Å². The Morgan fingerprint density at radius 2 is 1.67 bits per heavy atom. The molecule has 45 heavy (non-hydrogen) atoms. The maximum atomic E-state index is 14.4. The van der Waals surface area contributed by atoms with Crippen LogP contribution in [-0.4, -0.2) is 35.7 Å². The molecule has 3 aromatic rings. The standard InChI is InChI=1S/C33H30F4N2O6/c34-32(35)27-19-25(14-15-28(27)44-33(36,37)45-32)39-31(43)26(23-12-10-22(11-13-23)21-4-2-1-3-5-21)18-20-6-8-24(9-7-20)30(42)38-17-16-29(40)41/h4,6-15,19,26H,1-3,5,16-18H2,(H,38,42)(H,39,43)(H,40,41). The minimum absolute atomic E-state index is 0.0274. The van der Waals surface area contributed by atoms with Gasteiger partial charge in [-0.05, 0) is 84.7 Å². The number of amides is 2. The van der Waals surface area contributed by atoms with Crippen molar-refractivity contribution < 1.29 is 46.5 Å². The summed E-state index contributed by atoms with van der Waals surface area (Å²) in [5.74, 6) is -3.60. The molecule has 0 saturated carbocycles. The lowest BCUT2D eigenvalue weighted by molar-refractivity contribution is -0.461. The number of fused-ring (bicyclic) bond motifs is 1. The fourth-order valence-electron chi connectivity index (χ4n) is 5.31. The Bertz CT molecular complexity index is 1610. The summed E-state index contributed by atoms with van der Waals surface area (Å²) in [6.07, 6.45) is -2.51. The Hall–Kier alpha value is -4.71. The molecular weight excluding hydrogens is 596 g/mol. The smallest absolute Gasteiger partial charge is 0.481 e. The molecule has 0 bridgehead atoms. The summed E-state index contributed by atoms with van der Waals surface area (Å²) in [4.78, 5) is 36.7. The minimum atomic E-state index is -4.51. The molecule has 2 amide bonds. The number of anilines is 1. The molecule has 0 fully saturated rings. The fourth-order valence-corrected chi connectivity index (χ4v) is 5.31. The molecule has 1 heterocycles. The van der Waals surface area contributed by atoms with E-state index in [9.17, 15) is 31.9 Å². The molecule has 1 aliphatic carbocycles. The van der Waals surface area contributed by atoms with E-state index in [1.165, 1.54) is 11.6 Å². The quantitative estimate of drug-likeness (QED) is 0.213. The van der Waals surface area contributed by atoms with Gasteiger partial charge >= 0.3 is 18.4 Å². The van der Waals surface area contributed by atoms with E-state index < -0.39 is 47.4 Å². The lowest BCUT2D eigenvalue weighted by atomic mass is 9.88. The van der Waals surface area contributed by atoms with Crippen LogP contribution in [0.25, 0.3) is 5.57 Å². The van der Waals surface area contributed by atoms with Crippen molar-refractivity contribution >= 4 is 29.0 Å². The second-order valence-electron chi connectivity index (χ2n) is 10.8. The fraction of sp³-hybridized carbons (Fsp3) is 0.303. The van der Waals surface area contributed by atoms with Gasteiger partial charge in [0, 0.05) is 17.8 Å². The first-order valence-electron chi connectivity index (χ1n) is 14.4. The van der Waals surface area contributed by atoms with Crippen LogP contribution in [0.3, 0.4) is 0 Å². The van der Waals surface area contributed by atoms with E-state index in [1.807, 2.05) is 24.3 Å². The van der Waals surface area contributed by atoms with Crippen molar-refractivity contribution in [3.63, 3.8) is 0 Å². The zero-order valence-electron chi connectivity index (χ0n) is 24.0. The Labute approximate surface area is 256 Å². The van der Waals surface area contributed by atoms with Gasteiger partial charge in [-0.15, -0.1) is 8.78 Å². The van der Waals surface area contributed by atoms with E-state index in [0.717, 1.165) is 43.4 Å². The molecule has 0 radical (unpaired) electrons. The molecule has 0 saturated heterocycles.